The van der Waals surface area contributed by atoms with Gasteiger partial charge in [-0.05, 0) is 24.7 Å². The Morgan fingerprint density at radius 1 is 1.03 bits per heavy atom. The molecule has 0 spiro atoms. The van der Waals surface area contributed by atoms with E-state index in [1.54, 1.807) is 7.05 Å². The van der Waals surface area contributed by atoms with Crippen LogP contribution >= 0.6 is 24.0 Å². The van der Waals surface area contributed by atoms with Crippen LogP contribution in [0.4, 0.5) is 5.82 Å². The first-order valence-electron chi connectivity index (χ1n) is 9.95. The fraction of sp³-hybridized carbons (Fsp3) is 0.455. The second-order valence-electron chi connectivity index (χ2n) is 6.83. The lowest BCUT2D eigenvalue weighted by Crippen LogP contribution is -2.43. The van der Waals surface area contributed by atoms with Gasteiger partial charge in [0.2, 0.25) is 0 Å². The van der Waals surface area contributed by atoms with E-state index in [2.05, 4.69) is 75.8 Å². The number of nitrogens with one attached hydrogen (secondary N) is 2. The average molecular weight is 510 g/mol. The second kappa shape index (κ2) is 13.4. The van der Waals surface area contributed by atoms with Crippen LogP contribution in [0.5, 0.6) is 0 Å². The summed E-state index contributed by atoms with van der Waals surface area (Å²) in [5.41, 5.74) is 2.45. The van der Waals surface area contributed by atoms with Crippen molar-refractivity contribution < 1.29 is 0 Å². The van der Waals surface area contributed by atoms with E-state index in [0.29, 0.717) is 12.6 Å². The van der Waals surface area contributed by atoms with E-state index in [0.717, 1.165) is 37.0 Å². The Hall–Kier alpha value is -1.87. The predicted molar refractivity (Wildman–Crippen MR) is 134 cm³/mol. The summed E-state index contributed by atoms with van der Waals surface area (Å²) in [4.78, 5) is 13.3. The summed E-state index contributed by atoms with van der Waals surface area (Å²) in [5.74, 6) is 1.76. The molecule has 0 bridgehead atoms. The first-order valence-corrected chi connectivity index (χ1v) is 9.95. The van der Waals surface area contributed by atoms with Crippen molar-refractivity contribution in [2.45, 2.75) is 26.4 Å². The molecule has 2 rings (SSSR count). The Kier molecular flexibility index (Phi) is 11.6. The van der Waals surface area contributed by atoms with Crippen molar-refractivity contribution in [3.63, 3.8) is 0 Å². The standard InChI is InChI=1S/C22H34N6.HI/c1-6-28(7-2)20(18-12-9-8-10-13-18)17-26-22(23-3)25-16-19-14-11-15-24-21(19)27(4)5;/h8-15,20H,6-7,16-17H2,1-5H3,(H2,23,25,26);1H. The maximum absolute atomic E-state index is 4.46. The molecule has 1 aromatic carbocycles. The molecule has 160 valence electrons. The molecular weight excluding hydrogens is 475 g/mol. The number of hydrogen-bond acceptors (Lipinski definition) is 4. The molecular formula is C22H35IN6. The zero-order valence-corrected chi connectivity index (χ0v) is 20.6. The van der Waals surface area contributed by atoms with Crippen molar-refractivity contribution in [2.24, 2.45) is 4.99 Å². The van der Waals surface area contributed by atoms with Crippen LogP contribution in [0.25, 0.3) is 0 Å². The molecule has 29 heavy (non-hydrogen) atoms. The molecule has 0 aliphatic heterocycles. The zero-order chi connectivity index (χ0) is 20.4. The SMILES string of the molecule is CCN(CC)C(CNC(=NC)NCc1cccnc1N(C)C)c1ccccc1.I. The van der Waals surface area contributed by atoms with Crippen LogP contribution in [0.15, 0.2) is 53.7 Å². The molecule has 1 heterocycles. The molecule has 0 saturated heterocycles. The monoisotopic (exact) mass is 510 g/mol. The number of aliphatic imine (C=N–C) groups is 1. The minimum absolute atomic E-state index is 0. The van der Waals surface area contributed by atoms with E-state index in [4.69, 9.17) is 0 Å². The van der Waals surface area contributed by atoms with Gasteiger partial charge in [-0.3, -0.25) is 9.89 Å². The third-order valence-electron chi connectivity index (χ3n) is 4.86. The van der Waals surface area contributed by atoms with Gasteiger partial charge in [0.1, 0.15) is 5.82 Å². The highest BCUT2D eigenvalue weighted by atomic mass is 127. The molecule has 0 radical (unpaired) electrons. The first kappa shape index (κ1) is 25.2. The van der Waals surface area contributed by atoms with E-state index in [1.165, 1.54) is 5.56 Å². The van der Waals surface area contributed by atoms with Gasteiger partial charge in [0.25, 0.3) is 0 Å². The number of benzene rings is 1. The number of hydrogen-bond donors (Lipinski definition) is 2. The number of anilines is 1. The lowest BCUT2D eigenvalue weighted by Gasteiger charge is -2.31. The third kappa shape index (κ3) is 7.47. The molecule has 2 aromatic rings. The van der Waals surface area contributed by atoms with Crippen LogP contribution in [0.3, 0.4) is 0 Å². The van der Waals surface area contributed by atoms with E-state index >= 15 is 0 Å². The molecule has 6 nitrogen and oxygen atoms in total. The van der Waals surface area contributed by atoms with Crippen LogP contribution in [0.1, 0.15) is 31.0 Å². The van der Waals surface area contributed by atoms with Crippen molar-refractivity contribution in [1.29, 1.82) is 0 Å². The predicted octanol–water partition coefficient (Wildman–Crippen LogP) is 3.51. The second-order valence-corrected chi connectivity index (χ2v) is 6.83. The van der Waals surface area contributed by atoms with Gasteiger partial charge in [-0.25, -0.2) is 4.98 Å². The van der Waals surface area contributed by atoms with E-state index in [1.807, 2.05) is 31.3 Å². The molecule has 0 amide bonds. The molecule has 1 atom stereocenters. The molecule has 1 unspecified atom stereocenters. The maximum Gasteiger partial charge on any atom is 0.191 e. The highest BCUT2D eigenvalue weighted by Gasteiger charge is 2.18. The number of pyridine rings is 1. The van der Waals surface area contributed by atoms with Gasteiger partial charge in [-0.15, -0.1) is 24.0 Å². The largest absolute Gasteiger partial charge is 0.362 e. The zero-order valence-electron chi connectivity index (χ0n) is 18.2. The highest BCUT2D eigenvalue weighted by Crippen LogP contribution is 2.19. The van der Waals surface area contributed by atoms with Crippen LogP contribution in [-0.4, -0.2) is 56.6 Å². The number of aromatic nitrogens is 1. The van der Waals surface area contributed by atoms with Gasteiger partial charge in [-0.1, -0.05) is 50.2 Å². The summed E-state index contributed by atoms with van der Waals surface area (Å²) in [6.45, 7) is 7.88. The summed E-state index contributed by atoms with van der Waals surface area (Å²) < 4.78 is 0. The van der Waals surface area contributed by atoms with Crippen molar-refractivity contribution in [2.75, 3.05) is 45.7 Å². The summed E-state index contributed by atoms with van der Waals surface area (Å²) in [5, 5.41) is 6.92. The van der Waals surface area contributed by atoms with Crippen molar-refractivity contribution >= 4 is 35.8 Å². The average Bonchev–Trinajstić information content (AvgIpc) is 2.73. The smallest absolute Gasteiger partial charge is 0.191 e. The highest BCUT2D eigenvalue weighted by molar-refractivity contribution is 14.0. The number of nitrogens with zero attached hydrogens (tertiary/aromatic N) is 4. The molecule has 0 aliphatic carbocycles. The number of guanidine groups is 1. The van der Waals surface area contributed by atoms with Gasteiger partial charge < -0.3 is 15.5 Å². The Balaban J connectivity index is 0.00000420. The molecule has 7 heteroatoms. The van der Waals surface area contributed by atoms with Gasteiger partial charge >= 0.3 is 0 Å². The summed E-state index contributed by atoms with van der Waals surface area (Å²) in [7, 11) is 5.82. The normalized spacial score (nSPS) is 12.3. The Labute approximate surface area is 192 Å². The van der Waals surface area contributed by atoms with Gasteiger partial charge in [0, 0.05) is 46.0 Å². The van der Waals surface area contributed by atoms with Crippen molar-refractivity contribution in [3.8, 4) is 0 Å². The third-order valence-corrected chi connectivity index (χ3v) is 4.86. The van der Waals surface area contributed by atoms with Crippen molar-refractivity contribution in [3.05, 3.63) is 59.8 Å². The Morgan fingerprint density at radius 3 is 2.31 bits per heavy atom. The molecule has 0 aliphatic rings. The number of halogens is 1. The van der Waals surface area contributed by atoms with E-state index in [9.17, 15) is 0 Å². The molecule has 2 N–H and O–H groups in total. The van der Waals surface area contributed by atoms with Crippen molar-refractivity contribution in [1.82, 2.24) is 20.5 Å². The minimum Gasteiger partial charge on any atom is -0.362 e. The van der Waals surface area contributed by atoms with Gasteiger partial charge in [0.15, 0.2) is 5.96 Å². The van der Waals surface area contributed by atoms with E-state index < -0.39 is 0 Å². The fourth-order valence-corrected chi connectivity index (χ4v) is 3.36. The number of likely N-dealkylation sites (N-methyl/N-ethyl adjacent to an activating group) is 1. The van der Waals surface area contributed by atoms with Gasteiger partial charge in [0.05, 0.1) is 6.04 Å². The van der Waals surface area contributed by atoms with Crippen LogP contribution < -0.4 is 15.5 Å². The van der Waals surface area contributed by atoms with Crippen LogP contribution in [0, 0.1) is 0 Å². The van der Waals surface area contributed by atoms with E-state index in [-0.39, 0.29) is 24.0 Å². The summed E-state index contributed by atoms with van der Waals surface area (Å²) in [6.07, 6.45) is 1.82. The lowest BCUT2D eigenvalue weighted by atomic mass is 10.1. The van der Waals surface area contributed by atoms with Gasteiger partial charge in [-0.2, -0.15) is 0 Å². The minimum atomic E-state index is 0. The summed E-state index contributed by atoms with van der Waals surface area (Å²) >= 11 is 0. The topological polar surface area (TPSA) is 55.8 Å². The van der Waals surface area contributed by atoms with Crippen LogP contribution in [-0.2, 0) is 6.54 Å². The Morgan fingerprint density at radius 2 is 1.72 bits per heavy atom. The lowest BCUT2D eigenvalue weighted by molar-refractivity contribution is 0.219. The van der Waals surface area contributed by atoms with Crippen LogP contribution in [0.2, 0.25) is 0 Å². The maximum atomic E-state index is 4.46. The quantitative estimate of drug-likeness (QED) is 0.307. The number of rotatable bonds is 9. The Bertz CT molecular complexity index is 731. The molecule has 0 saturated carbocycles. The first-order chi connectivity index (χ1) is 13.6. The molecule has 1 aromatic heterocycles. The molecule has 0 fully saturated rings. The summed E-state index contributed by atoms with van der Waals surface area (Å²) in [6, 6.07) is 15.0. The fourth-order valence-electron chi connectivity index (χ4n) is 3.36.